The van der Waals surface area contributed by atoms with E-state index in [-0.39, 0.29) is 11.0 Å². The summed E-state index contributed by atoms with van der Waals surface area (Å²) in [5.41, 5.74) is 9.34. The van der Waals surface area contributed by atoms with Gasteiger partial charge in [-0.25, -0.2) is 0 Å². The monoisotopic (exact) mass is 275 g/mol. The molecule has 2 heteroatoms. The second-order valence-electron chi connectivity index (χ2n) is 7.73. The van der Waals surface area contributed by atoms with Gasteiger partial charge in [0.1, 0.15) is 5.75 Å². The molecule has 0 bridgehead atoms. The van der Waals surface area contributed by atoms with Crippen molar-refractivity contribution in [2.24, 2.45) is 17.1 Å². The van der Waals surface area contributed by atoms with E-state index in [1.54, 1.807) is 0 Å². The van der Waals surface area contributed by atoms with Gasteiger partial charge in [-0.05, 0) is 60.8 Å². The summed E-state index contributed by atoms with van der Waals surface area (Å²) in [6.07, 6.45) is 3.16. The Bertz CT molecular complexity index is 485. The van der Waals surface area contributed by atoms with Crippen LogP contribution in [0.3, 0.4) is 0 Å². The number of aromatic hydroxyl groups is 1. The van der Waals surface area contributed by atoms with Crippen LogP contribution in [0.4, 0.5) is 0 Å². The molecule has 20 heavy (non-hydrogen) atoms. The van der Waals surface area contributed by atoms with Gasteiger partial charge in [-0.1, -0.05) is 33.8 Å². The zero-order valence-corrected chi connectivity index (χ0v) is 13.5. The first-order chi connectivity index (χ1) is 9.16. The second kappa shape index (κ2) is 5.07. The zero-order valence-electron chi connectivity index (χ0n) is 13.5. The van der Waals surface area contributed by atoms with Gasteiger partial charge in [-0.15, -0.1) is 0 Å². The third-order valence-corrected chi connectivity index (χ3v) is 5.17. The Hall–Kier alpha value is -1.02. The van der Waals surface area contributed by atoms with Crippen molar-refractivity contribution in [1.29, 1.82) is 0 Å². The highest BCUT2D eigenvalue weighted by molar-refractivity contribution is 5.41. The van der Waals surface area contributed by atoms with Crippen molar-refractivity contribution < 1.29 is 5.11 Å². The number of hydrogen-bond donors (Lipinski definition) is 2. The largest absolute Gasteiger partial charge is 0.508 e. The summed E-state index contributed by atoms with van der Waals surface area (Å²) in [6, 6.07) is 5.82. The Morgan fingerprint density at radius 3 is 2.45 bits per heavy atom. The summed E-state index contributed by atoms with van der Waals surface area (Å²) in [5, 5.41) is 9.73. The van der Waals surface area contributed by atoms with Crippen LogP contribution >= 0.6 is 0 Å². The van der Waals surface area contributed by atoms with E-state index in [0.717, 1.165) is 19.3 Å². The highest BCUT2D eigenvalue weighted by atomic mass is 16.3. The summed E-state index contributed by atoms with van der Waals surface area (Å²) in [4.78, 5) is 0. The molecule has 0 aliphatic heterocycles. The van der Waals surface area contributed by atoms with Gasteiger partial charge in [0, 0.05) is 11.5 Å². The van der Waals surface area contributed by atoms with E-state index in [4.69, 9.17) is 5.73 Å². The van der Waals surface area contributed by atoms with E-state index in [9.17, 15) is 5.11 Å². The summed E-state index contributed by atoms with van der Waals surface area (Å²) in [5.74, 6) is 1.30. The number of aryl methyl sites for hydroxylation is 1. The molecule has 2 rings (SSSR count). The Labute approximate surface area is 123 Å². The van der Waals surface area contributed by atoms with Crippen LogP contribution in [0.25, 0.3) is 0 Å². The van der Waals surface area contributed by atoms with Gasteiger partial charge >= 0.3 is 0 Å². The number of phenols is 1. The van der Waals surface area contributed by atoms with Crippen LogP contribution in [0.1, 0.15) is 64.5 Å². The van der Waals surface area contributed by atoms with Crippen molar-refractivity contribution in [3.8, 4) is 5.75 Å². The number of fused-ring (bicyclic) bond motifs is 1. The van der Waals surface area contributed by atoms with E-state index in [2.05, 4.69) is 40.7 Å². The van der Waals surface area contributed by atoms with Gasteiger partial charge < -0.3 is 10.8 Å². The van der Waals surface area contributed by atoms with Gasteiger partial charge in [-0.3, -0.25) is 0 Å². The molecular formula is C18H29NO. The van der Waals surface area contributed by atoms with Crippen molar-refractivity contribution >= 4 is 0 Å². The molecule has 1 aromatic rings. The molecule has 1 aliphatic rings. The zero-order chi connectivity index (χ0) is 15.1. The van der Waals surface area contributed by atoms with E-state index in [0.29, 0.717) is 17.6 Å². The highest BCUT2D eigenvalue weighted by Crippen LogP contribution is 2.50. The molecule has 3 N–H and O–H groups in total. The number of nitrogens with two attached hydrogens (primary N) is 1. The first-order valence-electron chi connectivity index (χ1n) is 7.77. The highest BCUT2D eigenvalue weighted by Gasteiger charge is 2.44. The molecular weight excluding hydrogens is 246 g/mol. The lowest BCUT2D eigenvalue weighted by atomic mass is 9.58. The second-order valence-corrected chi connectivity index (χ2v) is 7.73. The molecule has 3 unspecified atom stereocenters. The van der Waals surface area contributed by atoms with E-state index < -0.39 is 0 Å². The summed E-state index contributed by atoms with van der Waals surface area (Å²) in [7, 11) is 0. The maximum atomic E-state index is 9.73. The quantitative estimate of drug-likeness (QED) is 0.849. The molecule has 2 nitrogen and oxygen atoms in total. The van der Waals surface area contributed by atoms with Crippen LogP contribution in [0.2, 0.25) is 0 Å². The van der Waals surface area contributed by atoms with Crippen molar-refractivity contribution in [3.63, 3.8) is 0 Å². The lowest BCUT2D eigenvalue weighted by Gasteiger charge is -2.48. The molecule has 0 fully saturated rings. The molecule has 0 radical (unpaired) electrons. The maximum Gasteiger partial charge on any atom is 0.115 e. The van der Waals surface area contributed by atoms with E-state index >= 15 is 0 Å². The summed E-state index contributed by atoms with van der Waals surface area (Å²) < 4.78 is 0. The third-order valence-electron chi connectivity index (χ3n) is 5.17. The minimum absolute atomic E-state index is 0.204. The minimum atomic E-state index is -0.204. The lowest BCUT2D eigenvalue weighted by Crippen LogP contribution is -2.49. The molecule has 0 heterocycles. The fraction of sp³-hybridized carbons (Fsp3) is 0.667. The first kappa shape index (κ1) is 15.4. The SMILES string of the molecule is CCC(C)(N)C1c2ccc(O)cc2CCC1C(C)(C)C. The Balaban J connectivity index is 2.54. The normalized spacial score (nSPS) is 25.9. The van der Waals surface area contributed by atoms with Gasteiger partial charge in [0.2, 0.25) is 0 Å². The molecule has 112 valence electrons. The first-order valence-corrected chi connectivity index (χ1v) is 7.77. The minimum Gasteiger partial charge on any atom is -0.508 e. The Morgan fingerprint density at radius 1 is 1.25 bits per heavy atom. The molecule has 0 aromatic heterocycles. The molecule has 0 saturated heterocycles. The smallest absolute Gasteiger partial charge is 0.115 e. The molecule has 0 amide bonds. The van der Waals surface area contributed by atoms with Crippen LogP contribution in [-0.4, -0.2) is 10.6 Å². The summed E-state index contributed by atoms with van der Waals surface area (Å²) in [6.45, 7) is 11.3. The number of phenolic OH excluding ortho intramolecular Hbond substituents is 1. The molecule has 3 atom stereocenters. The molecule has 0 saturated carbocycles. The number of rotatable bonds is 2. The van der Waals surface area contributed by atoms with Crippen molar-refractivity contribution in [1.82, 2.24) is 0 Å². The average Bonchev–Trinajstić information content (AvgIpc) is 2.35. The number of hydrogen-bond acceptors (Lipinski definition) is 2. The van der Waals surface area contributed by atoms with Crippen LogP contribution in [-0.2, 0) is 6.42 Å². The van der Waals surface area contributed by atoms with Gasteiger partial charge in [0.25, 0.3) is 0 Å². The topological polar surface area (TPSA) is 46.2 Å². The average molecular weight is 275 g/mol. The van der Waals surface area contributed by atoms with Crippen LogP contribution in [0.5, 0.6) is 5.75 Å². The fourth-order valence-corrected chi connectivity index (χ4v) is 3.77. The Kier molecular flexibility index (Phi) is 3.90. The standard InChI is InChI=1S/C18H29NO/c1-6-18(5,19)16-14-9-8-13(20)11-12(14)7-10-15(16)17(2,3)4/h8-9,11,15-16,20H,6-7,10,19H2,1-5H3. The molecule has 0 spiro atoms. The fourth-order valence-electron chi connectivity index (χ4n) is 3.77. The van der Waals surface area contributed by atoms with Gasteiger partial charge in [0.15, 0.2) is 0 Å². The van der Waals surface area contributed by atoms with Gasteiger partial charge in [-0.2, -0.15) is 0 Å². The summed E-state index contributed by atoms with van der Waals surface area (Å²) >= 11 is 0. The predicted octanol–water partition coefficient (Wildman–Crippen LogP) is 4.21. The van der Waals surface area contributed by atoms with Crippen LogP contribution < -0.4 is 5.73 Å². The van der Waals surface area contributed by atoms with E-state index in [1.165, 1.54) is 11.1 Å². The van der Waals surface area contributed by atoms with Crippen LogP contribution in [0, 0.1) is 11.3 Å². The van der Waals surface area contributed by atoms with Crippen molar-refractivity contribution in [2.45, 2.75) is 65.3 Å². The maximum absolute atomic E-state index is 9.73. The Morgan fingerprint density at radius 2 is 1.90 bits per heavy atom. The van der Waals surface area contributed by atoms with E-state index in [1.807, 2.05) is 12.1 Å². The molecule has 1 aromatic carbocycles. The molecule has 1 aliphatic carbocycles. The number of benzene rings is 1. The lowest BCUT2D eigenvalue weighted by molar-refractivity contribution is 0.128. The third kappa shape index (κ3) is 2.71. The van der Waals surface area contributed by atoms with Crippen LogP contribution in [0.15, 0.2) is 18.2 Å². The van der Waals surface area contributed by atoms with Crippen molar-refractivity contribution in [2.75, 3.05) is 0 Å². The predicted molar refractivity (Wildman–Crippen MR) is 85.0 cm³/mol. The van der Waals surface area contributed by atoms with Crippen molar-refractivity contribution in [3.05, 3.63) is 29.3 Å². The van der Waals surface area contributed by atoms with Gasteiger partial charge in [0.05, 0.1) is 0 Å².